The number of rotatable bonds is 7. The quantitative estimate of drug-likeness (QED) is 0.572. The molecule has 0 saturated carbocycles. The van der Waals surface area contributed by atoms with Crippen LogP contribution in [0, 0.1) is 18.3 Å². The Bertz CT molecular complexity index is 952. The Balaban J connectivity index is 1.58. The van der Waals surface area contributed by atoms with Crippen molar-refractivity contribution in [2.24, 2.45) is 5.10 Å². The second-order valence-corrected chi connectivity index (χ2v) is 5.84. The van der Waals surface area contributed by atoms with E-state index < -0.39 is 5.91 Å². The Morgan fingerprint density at radius 3 is 3.00 bits per heavy atom. The third-order valence-corrected chi connectivity index (χ3v) is 3.75. The fourth-order valence-corrected chi connectivity index (χ4v) is 2.54. The molecule has 1 aromatic heterocycles. The van der Waals surface area contributed by atoms with Crippen molar-refractivity contribution < 1.29 is 23.7 Å². The molecule has 28 heavy (non-hydrogen) atoms. The maximum Gasteiger partial charge on any atom is 0.278 e. The zero-order chi connectivity index (χ0) is 19.9. The van der Waals surface area contributed by atoms with Crippen LogP contribution in [0.4, 0.5) is 0 Å². The van der Waals surface area contributed by atoms with Crippen molar-refractivity contribution in [1.29, 1.82) is 5.26 Å². The molecule has 2 heterocycles. The topological polar surface area (TPSA) is 115 Å². The summed E-state index contributed by atoms with van der Waals surface area (Å²) in [4.78, 5) is 16.1. The lowest BCUT2D eigenvalue weighted by Gasteiger charge is -2.10. The molecule has 0 radical (unpaired) electrons. The van der Waals surface area contributed by atoms with Crippen molar-refractivity contribution in [2.45, 2.75) is 13.5 Å². The summed E-state index contributed by atoms with van der Waals surface area (Å²) in [5.41, 5.74) is 4.64. The van der Waals surface area contributed by atoms with E-state index in [1.165, 1.54) is 13.3 Å². The third-order valence-electron chi connectivity index (χ3n) is 3.75. The van der Waals surface area contributed by atoms with Crippen LogP contribution in [0.25, 0.3) is 0 Å². The largest absolute Gasteiger partial charge is 0.467 e. The van der Waals surface area contributed by atoms with Gasteiger partial charge in [0.1, 0.15) is 11.6 Å². The Hall–Kier alpha value is -3.64. The number of nitriles is 1. The number of nitrogens with one attached hydrogen (secondary N) is 1. The number of hydrazone groups is 1. The van der Waals surface area contributed by atoms with Gasteiger partial charge < -0.3 is 18.9 Å². The molecule has 2 aromatic rings. The zero-order valence-electron chi connectivity index (χ0n) is 15.4. The minimum absolute atomic E-state index is 0.0875. The maximum absolute atomic E-state index is 12.0. The molecule has 0 spiro atoms. The van der Waals surface area contributed by atoms with Crippen LogP contribution < -0.4 is 19.6 Å². The van der Waals surface area contributed by atoms with Gasteiger partial charge in [-0.05, 0) is 36.8 Å². The van der Waals surface area contributed by atoms with Crippen molar-refractivity contribution in [3.05, 3.63) is 46.6 Å². The summed E-state index contributed by atoms with van der Waals surface area (Å²) in [6.07, 6.45) is 1.47. The first-order valence-electron chi connectivity index (χ1n) is 8.34. The van der Waals surface area contributed by atoms with E-state index in [9.17, 15) is 10.1 Å². The van der Waals surface area contributed by atoms with Crippen LogP contribution >= 0.6 is 0 Å². The molecule has 3 rings (SSSR count). The van der Waals surface area contributed by atoms with Crippen molar-refractivity contribution in [3.8, 4) is 23.4 Å². The van der Waals surface area contributed by atoms with Crippen molar-refractivity contribution >= 4 is 12.1 Å². The predicted octanol–water partition coefficient (Wildman–Crippen LogP) is 1.67. The van der Waals surface area contributed by atoms with E-state index in [1.54, 1.807) is 31.2 Å². The number of carbonyl (C=O) groups is 1. The fraction of sp³-hybridized carbons (Fsp3) is 0.263. The van der Waals surface area contributed by atoms with Crippen molar-refractivity contribution in [1.82, 2.24) is 10.4 Å². The molecule has 9 nitrogen and oxygen atoms in total. The zero-order valence-corrected chi connectivity index (χ0v) is 15.4. The number of nitrogens with zero attached hydrogens (tertiary/aromatic N) is 3. The normalized spacial score (nSPS) is 12.0. The summed E-state index contributed by atoms with van der Waals surface area (Å²) in [6.45, 7) is 1.86. The summed E-state index contributed by atoms with van der Waals surface area (Å²) in [6, 6.07) is 9.07. The van der Waals surface area contributed by atoms with E-state index in [-0.39, 0.29) is 31.5 Å². The number of carbonyl (C=O) groups excluding carboxylic acids is 1. The molecule has 1 aliphatic heterocycles. The number of aromatic nitrogens is 1. The molecule has 0 fully saturated rings. The molecule has 0 unspecified atom stereocenters. The molecule has 144 valence electrons. The number of benzene rings is 1. The first-order chi connectivity index (χ1) is 13.6. The lowest BCUT2D eigenvalue weighted by atomic mass is 10.1. The molecular formula is C19H18N4O5. The van der Waals surface area contributed by atoms with Gasteiger partial charge in [-0.1, -0.05) is 0 Å². The summed E-state index contributed by atoms with van der Waals surface area (Å²) in [5, 5.41) is 13.2. The van der Waals surface area contributed by atoms with Crippen LogP contribution in [0.5, 0.6) is 17.4 Å². The van der Waals surface area contributed by atoms with E-state index in [0.717, 1.165) is 5.56 Å². The van der Waals surface area contributed by atoms with Gasteiger partial charge in [0.25, 0.3) is 5.91 Å². The summed E-state index contributed by atoms with van der Waals surface area (Å²) < 4.78 is 21.0. The minimum Gasteiger partial charge on any atom is -0.467 e. The number of ether oxygens (including phenoxy) is 4. The third kappa shape index (κ3) is 4.55. The number of aryl methyl sites for hydroxylation is 1. The van der Waals surface area contributed by atoms with E-state index in [4.69, 9.17) is 18.9 Å². The SMILES string of the molecule is COCc1cc(C)nc(OCC(=O)NN=Cc2ccc3c(c2)OCO3)c1C#N. The van der Waals surface area contributed by atoms with Crippen LogP contribution in [0.2, 0.25) is 0 Å². The predicted molar refractivity (Wildman–Crippen MR) is 98.2 cm³/mol. The molecule has 1 N–H and O–H groups in total. The van der Waals surface area contributed by atoms with Gasteiger partial charge >= 0.3 is 0 Å². The Kier molecular flexibility index (Phi) is 6.04. The number of pyridine rings is 1. The van der Waals surface area contributed by atoms with Crippen LogP contribution in [0.15, 0.2) is 29.4 Å². The first kappa shape index (κ1) is 19.1. The van der Waals surface area contributed by atoms with Gasteiger partial charge in [0.05, 0.1) is 12.8 Å². The molecule has 1 aliphatic rings. The number of hydrogen-bond donors (Lipinski definition) is 1. The molecule has 0 saturated heterocycles. The molecular weight excluding hydrogens is 364 g/mol. The highest BCUT2D eigenvalue weighted by Crippen LogP contribution is 2.31. The van der Waals surface area contributed by atoms with Crippen LogP contribution in [-0.2, 0) is 16.1 Å². The smallest absolute Gasteiger partial charge is 0.278 e. The van der Waals surface area contributed by atoms with Crippen LogP contribution in [-0.4, -0.2) is 37.6 Å². The van der Waals surface area contributed by atoms with E-state index in [0.29, 0.717) is 22.8 Å². The fourth-order valence-electron chi connectivity index (χ4n) is 2.54. The lowest BCUT2D eigenvalue weighted by molar-refractivity contribution is -0.123. The van der Waals surface area contributed by atoms with Crippen molar-refractivity contribution in [3.63, 3.8) is 0 Å². The highest BCUT2D eigenvalue weighted by Gasteiger charge is 2.14. The lowest BCUT2D eigenvalue weighted by Crippen LogP contribution is -2.25. The standard InChI is InChI=1S/C19H18N4O5/c1-12-5-14(9-25-2)15(7-20)19(22-12)26-10-18(24)23-21-8-13-3-4-16-17(6-13)28-11-27-16/h3-6,8H,9-11H2,1-2H3,(H,23,24). The Morgan fingerprint density at radius 2 is 2.21 bits per heavy atom. The monoisotopic (exact) mass is 382 g/mol. The molecule has 1 amide bonds. The van der Waals surface area contributed by atoms with Crippen LogP contribution in [0.3, 0.4) is 0 Å². The number of amides is 1. The van der Waals surface area contributed by atoms with Gasteiger partial charge in [0.2, 0.25) is 12.7 Å². The molecule has 9 heteroatoms. The highest BCUT2D eigenvalue weighted by molar-refractivity contribution is 5.83. The summed E-state index contributed by atoms with van der Waals surface area (Å²) in [7, 11) is 1.53. The van der Waals surface area contributed by atoms with Gasteiger partial charge in [-0.25, -0.2) is 10.4 Å². The summed E-state index contributed by atoms with van der Waals surface area (Å²) >= 11 is 0. The molecule has 0 bridgehead atoms. The minimum atomic E-state index is -0.488. The van der Waals surface area contributed by atoms with Gasteiger partial charge in [0, 0.05) is 18.4 Å². The molecule has 0 aliphatic carbocycles. The Labute approximate surface area is 161 Å². The van der Waals surface area contributed by atoms with E-state index in [1.807, 2.05) is 6.07 Å². The van der Waals surface area contributed by atoms with Crippen LogP contribution in [0.1, 0.15) is 22.4 Å². The van der Waals surface area contributed by atoms with Gasteiger partial charge in [-0.3, -0.25) is 4.79 Å². The van der Waals surface area contributed by atoms with Crippen molar-refractivity contribution in [2.75, 3.05) is 20.5 Å². The van der Waals surface area contributed by atoms with E-state index >= 15 is 0 Å². The molecule has 1 aromatic carbocycles. The second kappa shape index (κ2) is 8.83. The maximum atomic E-state index is 12.0. The number of hydrogen-bond acceptors (Lipinski definition) is 8. The number of fused-ring (bicyclic) bond motifs is 1. The highest BCUT2D eigenvalue weighted by atomic mass is 16.7. The second-order valence-electron chi connectivity index (χ2n) is 5.84. The number of methoxy groups -OCH3 is 1. The average Bonchev–Trinajstić information content (AvgIpc) is 3.14. The van der Waals surface area contributed by atoms with Gasteiger partial charge in [-0.2, -0.15) is 10.4 Å². The van der Waals surface area contributed by atoms with Gasteiger partial charge in [-0.15, -0.1) is 0 Å². The molecule has 0 atom stereocenters. The van der Waals surface area contributed by atoms with Gasteiger partial charge in [0.15, 0.2) is 18.1 Å². The Morgan fingerprint density at radius 1 is 1.39 bits per heavy atom. The first-order valence-corrected chi connectivity index (χ1v) is 8.34. The summed E-state index contributed by atoms with van der Waals surface area (Å²) in [5.74, 6) is 0.892. The van der Waals surface area contributed by atoms with E-state index in [2.05, 4.69) is 15.5 Å². The average molecular weight is 382 g/mol.